The molecular weight excluding hydrogens is 328 g/mol. The number of hydrogen-bond donors (Lipinski definition) is 2. The third kappa shape index (κ3) is 8.59. The summed E-state index contributed by atoms with van der Waals surface area (Å²) in [5.74, 6) is -0.714. The van der Waals surface area contributed by atoms with E-state index in [-0.39, 0.29) is 13.2 Å². The van der Waals surface area contributed by atoms with Crippen LogP contribution in [0.3, 0.4) is 0 Å². The Balaban J connectivity index is 2.48. The summed E-state index contributed by atoms with van der Waals surface area (Å²) in [6.45, 7) is 4.98. The van der Waals surface area contributed by atoms with Crippen LogP contribution in [0.25, 0.3) is 0 Å². The first-order valence-electron chi connectivity index (χ1n) is 7.73. The number of benzene rings is 1. The fourth-order valence-electron chi connectivity index (χ4n) is 1.74. The molecular formula is C17H24N2O6. The first-order valence-corrected chi connectivity index (χ1v) is 7.73. The van der Waals surface area contributed by atoms with Crippen LogP contribution in [0.2, 0.25) is 0 Å². The van der Waals surface area contributed by atoms with E-state index in [4.69, 9.17) is 9.47 Å². The number of rotatable bonds is 6. The van der Waals surface area contributed by atoms with E-state index in [0.717, 1.165) is 5.56 Å². The van der Waals surface area contributed by atoms with Gasteiger partial charge in [0.25, 0.3) is 0 Å². The lowest BCUT2D eigenvalue weighted by Crippen LogP contribution is -2.50. The van der Waals surface area contributed by atoms with Crippen molar-refractivity contribution in [2.75, 3.05) is 13.7 Å². The number of methoxy groups -OCH3 is 1. The third-order valence-corrected chi connectivity index (χ3v) is 2.84. The van der Waals surface area contributed by atoms with E-state index < -0.39 is 29.8 Å². The Kier molecular flexibility index (Phi) is 7.71. The molecule has 0 bridgehead atoms. The maximum Gasteiger partial charge on any atom is 0.408 e. The average molecular weight is 352 g/mol. The topological polar surface area (TPSA) is 103 Å². The summed E-state index contributed by atoms with van der Waals surface area (Å²) in [7, 11) is 1.18. The maximum atomic E-state index is 11.8. The SMILES string of the molecule is COC(=O)[C@@H](CNC(=O)OCc1ccccc1)NC(=O)OC(C)(C)C. The molecule has 2 amide bonds. The van der Waals surface area contributed by atoms with Gasteiger partial charge < -0.3 is 24.8 Å². The van der Waals surface area contributed by atoms with Gasteiger partial charge in [-0.2, -0.15) is 0 Å². The van der Waals surface area contributed by atoms with Gasteiger partial charge in [0, 0.05) is 0 Å². The van der Waals surface area contributed by atoms with Crippen molar-refractivity contribution in [3.05, 3.63) is 35.9 Å². The monoisotopic (exact) mass is 352 g/mol. The van der Waals surface area contributed by atoms with Gasteiger partial charge in [0.1, 0.15) is 18.2 Å². The van der Waals surface area contributed by atoms with Crippen LogP contribution in [0.1, 0.15) is 26.3 Å². The van der Waals surface area contributed by atoms with Crippen LogP contribution in [-0.2, 0) is 25.6 Å². The summed E-state index contributed by atoms with van der Waals surface area (Å²) in [6, 6.07) is 8.04. The Morgan fingerprint density at radius 3 is 2.28 bits per heavy atom. The van der Waals surface area contributed by atoms with Crippen LogP contribution in [-0.4, -0.2) is 43.5 Å². The highest BCUT2D eigenvalue weighted by Crippen LogP contribution is 2.07. The zero-order valence-corrected chi connectivity index (χ0v) is 14.8. The molecule has 0 fully saturated rings. The number of amides is 2. The predicted octanol–water partition coefficient (Wildman–Crippen LogP) is 1.98. The smallest absolute Gasteiger partial charge is 0.408 e. The van der Waals surface area contributed by atoms with Gasteiger partial charge in [-0.25, -0.2) is 14.4 Å². The Bertz CT molecular complexity index is 583. The van der Waals surface area contributed by atoms with Crippen molar-refractivity contribution in [2.45, 2.75) is 39.0 Å². The number of alkyl carbamates (subject to hydrolysis) is 2. The summed E-state index contributed by atoms with van der Waals surface area (Å²) in [5, 5.41) is 4.75. The number of carbonyl (C=O) groups is 3. The van der Waals surface area contributed by atoms with Gasteiger partial charge >= 0.3 is 18.2 Å². The van der Waals surface area contributed by atoms with Crippen LogP contribution in [0.15, 0.2) is 30.3 Å². The van der Waals surface area contributed by atoms with Gasteiger partial charge in [0.15, 0.2) is 0 Å². The van der Waals surface area contributed by atoms with E-state index in [1.165, 1.54) is 7.11 Å². The van der Waals surface area contributed by atoms with Crippen LogP contribution >= 0.6 is 0 Å². The van der Waals surface area contributed by atoms with Gasteiger partial charge in [-0.3, -0.25) is 0 Å². The van der Waals surface area contributed by atoms with Crippen molar-refractivity contribution in [1.29, 1.82) is 0 Å². The minimum absolute atomic E-state index is 0.0923. The zero-order valence-electron chi connectivity index (χ0n) is 14.8. The molecule has 0 radical (unpaired) electrons. The number of carbonyl (C=O) groups excluding carboxylic acids is 3. The molecule has 2 N–H and O–H groups in total. The minimum Gasteiger partial charge on any atom is -0.467 e. The molecule has 1 aromatic carbocycles. The van der Waals surface area contributed by atoms with Crippen molar-refractivity contribution < 1.29 is 28.6 Å². The standard InChI is InChI=1S/C17H24N2O6/c1-17(2,3)25-16(22)19-13(14(20)23-4)10-18-15(21)24-11-12-8-6-5-7-9-12/h5-9,13H,10-11H2,1-4H3,(H,18,21)(H,19,22)/t13-/m1/s1. The average Bonchev–Trinajstić information content (AvgIpc) is 2.55. The van der Waals surface area contributed by atoms with Gasteiger partial charge in [-0.05, 0) is 26.3 Å². The molecule has 0 saturated heterocycles. The molecule has 0 aliphatic heterocycles. The fourth-order valence-corrected chi connectivity index (χ4v) is 1.74. The lowest BCUT2D eigenvalue weighted by Gasteiger charge is -2.22. The lowest BCUT2D eigenvalue weighted by molar-refractivity contribution is -0.142. The maximum absolute atomic E-state index is 11.8. The highest BCUT2D eigenvalue weighted by molar-refractivity contribution is 5.82. The Morgan fingerprint density at radius 2 is 1.72 bits per heavy atom. The molecule has 138 valence electrons. The normalized spacial score (nSPS) is 11.8. The number of esters is 1. The molecule has 0 heterocycles. The number of hydrogen-bond acceptors (Lipinski definition) is 6. The van der Waals surface area contributed by atoms with E-state index in [2.05, 4.69) is 15.4 Å². The Hall–Kier alpha value is -2.77. The van der Waals surface area contributed by atoms with E-state index in [9.17, 15) is 14.4 Å². The van der Waals surface area contributed by atoms with Crippen molar-refractivity contribution in [3.8, 4) is 0 Å². The van der Waals surface area contributed by atoms with Crippen LogP contribution in [0.4, 0.5) is 9.59 Å². The summed E-state index contributed by atoms with van der Waals surface area (Å²) >= 11 is 0. The molecule has 0 aliphatic rings. The van der Waals surface area contributed by atoms with Gasteiger partial charge in [0.05, 0.1) is 13.7 Å². The fraction of sp³-hybridized carbons (Fsp3) is 0.471. The van der Waals surface area contributed by atoms with E-state index in [1.54, 1.807) is 20.8 Å². The van der Waals surface area contributed by atoms with Crippen LogP contribution < -0.4 is 10.6 Å². The van der Waals surface area contributed by atoms with E-state index in [1.807, 2.05) is 30.3 Å². The van der Waals surface area contributed by atoms with Crippen molar-refractivity contribution in [1.82, 2.24) is 10.6 Å². The number of ether oxygens (including phenoxy) is 3. The zero-order chi connectivity index (χ0) is 18.9. The molecule has 8 nitrogen and oxygen atoms in total. The van der Waals surface area contributed by atoms with Crippen LogP contribution in [0, 0.1) is 0 Å². The highest BCUT2D eigenvalue weighted by Gasteiger charge is 2.25. The van der Waals surface area contributed by atoms with Crippen molar-refractivity contribution in [2.24, 2.45) is 0 Å². The summed E-state index contributed by atoms with van der Waals surface area (Å²) < 4.78 is 14.7. The minimum atomic E-state index is -1.09. The summed E-state index contributed by atoms with van der Waals surface area (Å²) in [5.41, 5.74) is 0.112. The molecule has 0 aliphatic carbocycles. The largest absolute Gasteiger partial charge is 0.467 e. The molecule has 1 aromatic rings. The van der Waals surface area contributed by atoms with Gasteiger partial charge in [0.2, 0.25) is 0 Å². The molecule has 8 heteroatoms. The third-order valence-electron chi connectivity index (χ3n) is 2.84. The molecule has 1 atom stereocenters. The lowest BCUT2D eigenvalue weighted by atomic mass is 10.2. The van der Waals surface area contributed by atoms with Gasteiger partial charge in [-0.1, -0.05) is 30.3 Å². The second-order valence-electron chi connectivity index (χ2n) is 6.16. The molecule has 0 aromatic heterocycles. The van der Waals surface area contributed by atoms with Crippen molar-refractivity contribution >= 4 is 18.2 Å². The second-order valence-corrected chi connectivity index (χ2v) is 6.16. The van der Waals surface area contributed by atoms with E-state index in [0.29, 0.717) is 0 Å². The molecule has 25 heavy (non-hydrogen) atoms. The first-order chi connectivity index (χ1) is 11.7. The highest BCUT2D eigenvalue weighted by atomic mass is 16.6. The summed E-state index contributed by atoms with van der Waals surface area (Å²) in [6.07, 6.45) is -1.51. The predicted molar refractivity (Wildman–Crippen MR) is 89.8 cm³/mol. The number of nitrogens with one attached hydrogen (secondary N) is 2. The Morgan fingerprint density at radius 1 is 1.08 bits per heavy atom. The first kappa shape index (κ1) is 20.3. The summed E-state index contributed by atoms with van der Waals surface area (Å²) in [4.78, 5) is 35.2. The van der Waals surface area contributed by atoms with Gasteiger partial charge in [-0.15, -0.1) is 0 Å². The molecule has 1 rings (SSSR count). The molecule has 0 unspecified atom stereocenters. The Labute approximate surface area is 146 Å². The second kappa shape index (κ2) is 9.51. The van der Waals surface area contributed by atoms with E-state index >= 15 is 0 Å². The van der Waals surface area contributed by atoms with Crippen molar-refractivity contribution in [3.63, 3.8) is 0 Å². The quantitative estimate of drug-likeness (QED) is 0.599. The molecule has 0 saturated carbocycles. The molecule has 0 spiro atoms. The van der Waals surface area contributed by atoms with Crippen LogP contribution in [0.5, 0.6) is 0 Å².